The highest BCUT2D eigenvalue weighted by molar-refractivity contribution is 6.05. The molecule has 0 bridgehead atoms. The van der Waals surface area contributed by atoms with Gasteiger partial charge in [-0.15, -0.1) is 0 Å². The molecule has 4 nitrogen and oxygen atoms in total. The Morgan fingerprint density at radius 1 is 0.774 bits per heavy atom. The molecule has 31 heavy (non-hydrogen) atoms. The van der Waals surface area contributed by atoms with Crippen molar-refractivity contribution in [3.63, 3.8) is 0 Å². The Morgan fingerprint density at radius 2 is 1.42 bits per heavy atom. The third-order valence-corrected chi connectivity index (χ3v) is 5.05. The Kier molecular flexibility index (Phi) is 5.90. The predicted octanol–water partition coefficient (Wildman–Crippen LogP) is 5.78. The molecule has 0 saturated carbocycles. The first-order chi connectivity index (χ1) is 15.1. The lowest BCUT2D eigenvalue weighted by Crippen LogP contribution is -2.28. The molecule has 152 valence electrons. The minimum atomic E-state index is -0.960. The first-order valence-electron chi connectivity index (χ1n) is 9.96. The number of benzene rings is 4. The van der Waals surface area contributed by atoms with Crippen LogP contribution in [0.1, 0.15) is 21.5 Å². The Bertz CT molecular complexity index is 1250. The molecule has 4 heteroatoms. The molecule has 4 aromatic carbocycles. The first-order valence-corrected chi connectivity index (χ1v) is 9.96. The van der Waals surface area contributed by atoms with Gasteiger partial charge in [-0.05, 0) is 52.2 Å². The van der Waals surface area contributed by atoms with Crippen LogP contribution in [0.4, 0.5) is 5.69 Å². The highest BCUT2D eigenvalue weighted by Crippen LogP contribution is 2.25. The molecule has 0 saturated heterocycles. The van der Waals surface area contributed by atoms with Crippen LogP contribution in [0.15, 0.2) is 103 Å². The zero-order valence-corrected chi connectivity index (χ0v) is 16.8. The van der Waals surface area contributed by atoms with E-state index < -0.39 is 5.97 Å². The number of aromatic carboxylic acids is 1. The molecular weight excluding hydrogens is 386 g/mol. The number of carbonyl (C=O) groups excluding carboxylic acids is 1. The van der Waals surface area contributed by atoms with Gasteiger partial charge in [0.1, 0.15) is 0 Å². The van der Waals surface area contributed by atoms with Gasteiger partial charge < -0.3 is 10.0 Å². The van der Waals surface area contributed by atoms with Gasteiger partial charge in [0.25, 0.3) is 5.91 Å². The molecule has 4 rings (SSSR count). The standard InChI is InChI=1S/C27H21NO3/c29-26(16-11-20-7-3-1-4-8-20)28(19-21-9-5-2-6-10-21)25-15-14-22-17-24(27(30)31)13-12-23(22)18-25/h1-18H,19H2,(H,30,31)/b16-11+. The second kappa shape index (κ2) is 9.09. The van der Waals surface area contributed by atoms with Crippen molar-refractivity contribution in [2.45, 2.75) is 6.54 Å². The maximum Gasteiger partial charge on any atom is 0.335 e. The summed E-state index contributed by atoms with van der Waals surface area (Å²) in [4.78, 5) is 26.1. The lowest BCUT2D eigenvalue weighted by atomic mass is 10.1. The molecule has 0 aliphatic carbocycles. The topological polar surface area (TPSA) is 57.6 Å². The van der Waals surface area contributed by atoms with Crippen LogP contribution in [0.3, 0.4) is 0 Å². The number of anilines is 1. The maximum absolute atomic E-state index is 13.2. The van der Waals surface area contributed by atoms with Crippen LogP contribution >= 0.6 is 0 Å². The number of carbonyl (C=O) groups is 2. The normalized spacial score (nSPS) is 11.0. The molecule has 0 aliphatic rings. The number of hydrogen-bond donors (Lipinski definition) is 1. The largest absolute Gasteiger partial charge is 0.478 e. The minimum Gasteiger partial charge on any atom is -0.478 e. The van der Waals surface area contributed by atoms with E-state index in [-0.39, 0.29) is 11.5 Å². The number of hydrogen-bond acceptors (Lipinski definition) is 2. The molecule has 0 spiro atoms. The summed E-state index contributed by atoms with van der Waals surface area (Å²) >= 11 is 0. The van der Waals surface area contributed by atoms with Gasteiger partial charge in [0.2, 0.25) is 0 Å². The number of carboxylic acids is 1. The van der Waals surface area contributed by atoms with Gasteiger partial charge in [-0.1, -0.05) is 72.8 Å². The highest BCUT2D eigenvalue weighted by atomic mass is 16.4. The van der Waals surface area contributed by atoms with Gasteiger partial charge in [0, 0.05) is 11.8 Å². The number of carboxylic acid groups (broad SMARTS) is 1. The van der Waals surface area contributed by atoms with Crippen molar-refractivity contribution in [3.05, 3.63) is 120 Å². The minimum absolute atomic E-state index is 0.130. The summed E-state index contributed by atoms with van der Waals surface area (Å²) in [6, 6.07) is 30.1. The smallest absolute Gasteiger partial charge is 0.335 e. The van der Waals surface area contributed by atoms with Crippen molar-refractivity contribution in [3.8, 4) is 0 Å². The highest BCUT2D eigenvalue weighted by Gasteiger charge is 2.15. The SMILES string of the molecule is O=C(O)c1ccc2cc(N(Cc3ccccc3)C(=O)/C=C/c3ccccc3)ccc2c1. The molecule has 0 aromatic heterocycles. The van der Waals surface area contributed by atoms with Gasteiger partial charge in [0.15, 0.2) is 0 Å². The van der Waals surface area contributed by atoms with Gasteiger partial charge in [0.05, 0.1) is 12.1 Å². The average molecular weight is 407 g/mol. The van der Waals surface area contributed by atoms with Gasteiger partial charge in [-0.3, -0.25) is 4.79 Å². The van der Waals surface area contributed by atoms with Crippen LogP contribution < -0.4 is 4.90 Å². The molecule has 0 fully saturated rings. The van der Waals surface area contributed by atoms with E-state index in [0.717, 1.165) is 27.6 Å². The number of fused-ring (bicyclic) bond motifs is 1. The molecule has 0 radical (unpaired) electrons. The number of rotatable bonds is 6. The van der Waals surface area contributed by atoms with Crippen LogP contribution in [0.25, 0.3) is 16.8 Å². The van der Waals surface area contributed by atoms with E-state index in [9.17, 15) is 14.7 Å². The maximum atomic E-state index is 13.2. The van der Waals surface area contributed by atoms with Gasteiger partial charge in [-0.2, -0.15) is 0 Å². The third kappa shape index (κ3) is 4.87. The van der Waals surface area contributed by atoms with Crippen molar-refractivity contribution >= 4 is 34.4 Å². The van der Waals surface area contributed by atoms with E-state index in [2.05, 4.69) is 0 Å². The van der Waals surface area contributed by atoms with Crippen molar-refractivity contribution < 1.29 is 14.7 Å². The molecule has 0 aliphatic heterocycles. The summed E-state index contributed by atoms with van der Waals surface area (Å²) < 4.78 is 0. The molecular formula is C27H21NO3. The lowest BCUT2D eigenvalue weighted by molar-refractivity contribution is -0.114. The van der Waals surface area contributed by atoms with E-state index >= 15 is 0 Å². The number of nitrogens with zero attached hydrogens (tertiary/aromatic N) is 1. The van der Waals surface area contributed by atoms with E-state index in [1.54, 1.807) is 35.3 Å². The second-order valence-electron chi connectivity index (χ2n) is 7.21. The Labute approximate surface area is 180 Å². The van der Waals surface area contributed by atoms with Gasteiger partial charge in [-0.25, -0.2) is 4.79 Å². The second-order valence-corrected chi connectivity index (χ2v) is 7.21. The Hall–Kier alpha value is -4.18. The molecule has 1 N–H and O–H groups in total. The van der Waals surface area contributed by atoms with Crippen LogP contribution in [0.2, 0.25) is 0 Å². The quantitative estimate of drug-likeness (QED) is 0.412. The predicted molar refractivity (Wildman–Crippen MR) is 124 cm³/mol. The molecule has 4 aromatic rings. The Morgan fingerprint density at radius 3 is 2.13 bits per heavy atom. The number of amides is 1. The molecule has 0 heterocycles. The summed E-state index contributed by atoms with van der Waals surface area (Å²) in [7, 11) is 0. The van der Waals surface area contributed by atoms with Crippen molar-refractivity contribution in [2.75, 3.05) is 4.90 Å². The van der Waals surface area contributed by atoms with E-state index in [4.69, 9.17) is 0 Å². The summed E-state index contributed by atoms with van der Waals surface area (Å²) in [5.74, 6) is -1.09. The van der Waals surface area contributed by atoms with E-state index in [0.29, 0.717) is 6.54 Å². The fourth-order valence-corrected chi connectivity index (χ4v) is 3.42. The fraction of sp³-hybridized carbons (Fsp3) is 0.0370. The van der Waals surface area contributed by atoms with Crippen molar-refractivity contribution in [1.29, 1.82) is 0 Å². The zero-order chi connectivity index (χ0) is 21.6. The molecule has 0 atom stereocenters. The zero-order valence-electron chi connectivity index (χ0n) is 16.8. The fourth-order valence-electron chi connectivity index (χ4n) is 3.42. The summed E-state index contributed by atoms with van der Waals surface area (Å²) in [6.45, 7) is 0.428. The van der Waals surface area contributed by atoms with Crippen molar-refractivity contribution in [2.24, 2.45) is 0 Å². The van der Waals surface area contributed by atoms with Crippen molar-refractivity contribution in [1.82, 2.24) is 0 Å². The average Bonchev–Trinajstić information content (AvgIpc) is 2.81. The van der Waals surface area contributed by atoms with E-state index in [1.807, 2.05) is 78.9 Å². The van der Waals surface area contributed by atoms with Crippen LogP contribution in [-0.4, -0.2) is 17.0 Å². The van der Waals surface area contributed by atoms with Crippen LogP contribution in [-0.2, 0) is 11.3 Å². The Balaban J connectivity index is 1.69. The molecule has 0 unspecified atom stereocenters. The van der Waals surface area contributed by atoms with Crippen LogP contribution in [0, 0.1) is 0 Å². The summed E-state index contributed by atoms with van der Waals surface area (Å²) in [6.07, 6.45) is 3.39. The van der Waals surface area contributed by atoms with Crippen LogP contribution in [0.5, 0.6) is 0 Å². The van der Waals surface area contributed by atoms with E-state index in [1.165, 1.54) is 0 Å². The lowest BCUT2D eigenvalue weighted by Gasteiger charge is -2.22. The summed E-state index contributed by atoms with van der Waals surface area (Å²) in [5.41, 5.74) is 2.96. The third-order valence-electron chi connectivity index (χ3n) is 5.05. The summed E-state index contributed by atoms with van der Waals surface area (Å²) in [5, 5.41) is 10.9. The molecule has 1 amide bonds. The first kappa shape index (κ1) is 20.1. The monoisotopic (exact) mass is 407 g/mol. The van der Waals surface area contributed by atoms with Gasteiger partial charge >= 0.3 is 5.97 Å².